The lowest BCUT2D eigenvalue weighted by Gasteiger charge is -2.19. The second-order valence-corrected chi connectivity index (χ2v) is 6.36. The van der Waals surface area contributed by atoms with E-state index in [0.29, 0.717) is 17.1 Å². The second kappa shape index (κ2) is 6.24. The van der Waals surface area contributed by atoms with Gasteiger partial charge >= 0.3 is 0 Å². The molecule has 1 atom stereocenters. The number of halogens is 1. The topological polar surface area (TPSA) is 50.8 Å². The number of benzene rings is 2. The van der Waals surface area contributed by atoms with Crippen molar-refractivity contribution in [3.05, 3.63) is 53.1 Å². The molecule has 4 rings (SSSR count). The third kappa shape index (κ3) is 2.87. The van der Waals surface area contributed by atoms with Crippen molar-refractivity contribution in [2.75, 3.05) is 24.8 Å². The number of carbonyl (C=O) groups excluding carboxylic acids is 1. The van der Waals surface area contributed by atoms with Crippen molar-refractivity contribution in [2.24, 2.45) is 0 Å². The molecule has 1 amide bonds. The number of hydrogen-bond donors (Lipinski definition) is 1. The molecule has 0 aliphatic carbocycles. The van der Waals surface area contributed by atoms with E-state index in [1.807, 2.05) is 24.3 Å². The molecule has 2 aliphatic heterocycles. The highest BCUT2D eigenvalue weighted by Crippen LogP contribution is 2.35. The lowest BCUT2D eigenvalue weighted by Crippen LogP contribution is -2.37. The molecule has 0 saturated carbocycles. The van der Waals surface area contributed by atoms with Gasteiger partial charge in [0.1, 0.15) is 0 Å². The third-order valence-corrected chi connectivity index (χ3v) is 4.61. The second-order valence-electron chi connectivity index (χ2n) is 5.92. The molecule has 1 fully saturated rings. The predicted octanol–water partition coefficient (Wildman–Crippen LogP) is 3.08. The van der Waals surface area contributed by atoms with Crippen molar-refractivity contribution in [1.29, 1.82) is 0 Å². The van der Waals surface area contributed by atoms with Crippen molar-refractivity contribution in [3.63, 3.8) is 0 Å². The van der Waals surface area contributed by atoms with Crippen LogP contribution < -0.4 is 19.7 Å². The summed E-state index contributed by atoms with van der Waals surface area (Å²) in [5.41, 5.74) is 1.64. The maximum Gasteiger partial charge on any atom is 0.255 e. The van der Waals surface area contributed by atoms with E-state index < -0.39 is 0 Å². The standard InChI is InChI=1S/C18H17ClN2O3/c19-12-4-6-14(7-5-12)21-9-8-13(10-21)20-18(22)15-2-1-3-16-17(15)24-11-23-16/h1-7,13H,8-11H2,(H,20,22). The highest BCUT2D eigenvalue weighted by atomic mass is 35.5. The van der Waals surface area contributed by atoms with Gasteiger partial charge in [-0.1, -0.05) is 17.7 Å². The summed E-state index contributed by atoms with van der Waals surface area (Å²) in [5.74, 6) is 1.03. The van der Waals surface area contributed by atoms with Crippen LogP contribution in [-0.4, -0.2) is 31.8 Å². The van der Waals surface area contributed by atoms with Crippen molar-refractivity contribution in [2.45, 2.75) is 12.5 Å². The van der Waals surface area contributed by atoms with E-state index in [4.69, 9.17) is 21.1 Å². The summed E-state index contributed by atoms with van der Waals surface area (Å²) < 4.78 is 10.7. The molecule has 2 heterocycles. The van der Waals surface area contributed by atoms with Gasteiger partial charge in [-0.2, -0.15) is 0 Å². The summed E-state index contributed by atoms with van der Waals surface area (Å²) >= 11 is 5.93. The summed E-state index contributed by atoms with van der Waals surface area (Å²) in [6.45, 7) is 1.84. The van der Waals surface area contributed by atoms with Gasteiger partial charge in [0.2, 0.25) is 6.79 Å². The van der Waals surface area contributed by atoms with E-state index in [-0.39, 0.29) is 18.7 Å². The van der Waals surface area contributed by atoms with Crippen LogP contribution in [0.2, 0.25) is 5.02 Å². The molecule has 24 heavy (non-hydrogen) atoms. The molecule has 0 spiro atoms. The fourth-order valence-corrected chi connectivity index (χ4v) is 3.26. The zero-order valence-electron chi connectivity index (χ0n) is 13.0. The monoisotopic (exact) mass is 344 g/mol. The summed E-state index contributed by atoms with van der Waals surface area (Å²) in [6, 6.07) is 13.2. The number of nitrogens with one attached hydrogen (secondary N) is 1. The van der Waals surface area contributed by atoms with Crippen LogP contribution in [0, 0.1) is 0 Å². The van der Waals surface area contributed by atoms with Crippen LogP contribution in [0.15, 0.2) is 42.5 Å². The highest BCUT2D eigenvalue weighted by Gasteiger charge is 2.27. The first kappa shape index (κ1) is 15.1. The number of para-hydroxylation sites is 1. The molecular weight excluding hydrogens is 328 g/mol. The molecule has 5 nitrogen and oxygen atoms in total. The zero-order valence-corrected chi connectivity index (χ0v) is 13.8. The van der Waals surface area contributed by atoms with Gasteiger partial charge < -0.3 is 19.7 Å². The SMILES string of the molecule is O=C(NC1CCN(c2ccc(Cl)cc2)C1)c1cccc2c1OCO2. The van der Waals surface area contributed by atoms with Crippen LogP contribution in [0.4, 0.5) is 5.69 Å². The Hall–Kier alpha value is -2.40. The van der Waals surface area contributed by atoms with Crippen LogP contribution in [0.1, 0.15) is 16.8 Å². The van der Waals surface area contributed by atoms with E-state index in [2.05, 4.69) is 10.2 Å². The molecule has 0 bridgehead atoms. The van der Waals surface area contributed by atoms with Gasteiger partial charge in [-0.05, 0) is 42.8 Å². The zero-order chi connectivity index (χ0) is 16.5. The first-order valence-electron chi connectivity index (χ1n) is 7.91. The Labute approximate surface area is 145 Å². The molecule has 2 aliphatic rings. The molecule has 2 aromatic carbocycles. The molecular formula is C18H17ClN2O3. The fourth-order valence-electron chi connectivity index (χ4n) is 3.14. The van der Waals surface area contributed by atoms with E-state index in [1.165, 1.54) is 0 Å². The van der Waals surface area contributed by atoms with Crippen molar-refractivity contribution in [3.8, 4) is 11.5 Å². The predicted molar refractivity (Wildman–Crippen MR) is 92.1 cm³/mol. The number of amides is 1. The van der Waals surface area contributed by atoms with Crippen LogP contribution >= 0.6 is 11.6 Å². The summed E-state index contributed by atoms with van der Waals surface area (Å²) in [4.78, 5) is 14.8. The van der Waals surface area contributed by atoms with Gasteiger partial charge in [-0.3, -0.25) is 4.79 Å². The minimum Gasteiger partial charge on any atom is -0.454 e. The Morgan fingerprint density at radius 1 is 1.17 bits per heavy atom. The number of hydrogen-bond acceptors (Lipinski definition) is 4. The average molecular weight is 345 g/mol. The van der Waals surface area contributed by atoms with E-state index in [9.17, 15) is 4.79 Å². The highest BCUT2D eigenvalue weighted by molar-refractivity contribution is 6.30. The molecule has 6 heteroatoms. The van der Waals surface area contributed by atoms with Gasteiger partial charge in [0, 0.05) is 29.8 Å². The Balaban J connectivity index is 1.42. The normalized spacial score (nSPS) is 18.7. The third-order valence-electron chi connectivity index (χ3n) is 4.36. The Morgan fingerprint density at radius 2 is 2.00 bits per heavy atom. The lowest BCUT2D eigenvalue weighted by molar-refractivity contribution is 0.0935. The molecule has 2 aromatic rings. The molecule has 0 aromatic heterocycles. The molecule has 1 saturated heterocycles. The minimum absolute atomic E-state index is 0.103. The minimum atomic E-state index is -0.125. The van der Waals surface area contributed by atoms with Gasteiger partial charge in [-0.15, -0.1) is 0 Å². The fraction of sp³-hybridized carbons (Fsp3) is 0.278. The van der Waals surface area contributed by atoms with Gasteiger partial charge in [0.25, 0.3) is 5.91 Å². The average Bonchev–Trinajstić information content (AvgIpc) is 3.24. The van der Waals surface area contributed by atoms with Crippen molar-refractivity contribution >= 4 is 23.2 Å². The number of nitrogens with zero attached hydrogens (tertiary/aromatic N) is 1. The number of carbonyl (C=O) groups is 1. The molecule has 1 N–H and O–H groups in total. The first-order chi connectivity index (χ1) is 11.7. The maximum atomic E-state index is 12.6. The summed E-state index contributed by atoms with van der Waals surface area (Å²) in [5, 5.41) is 3.82. The molecule has 1 unspecified atom stereocenters. The Kier molecular flexibility index (Phi) is 3.94. The summed E-state index contributed by atoms with van der Waals surface area (Å²) in [7, 11) is 0. The smallest absolute Gasteiger partial charge is 0.255 e. The molecule has 0 radical (unpaired) electrons. The van der Waals surface area contributed by atoms with E-state index >= 15 is 0 Å². The van der Waals surface area contributed by atoms with Crippen LogP contribution in [-0.2, 0) is 0 Å². The number of rotatable bonds is 3. The maximum absolute atomic E-state index is 12.6. The van der Waals surface area contributed by atoms with Crippen molar-refractivity contribution in [1.82, 2.24) is 5.32 Å². The van der Waals surface area contributed by atoms with Crippen LogP contribution in [0.3, 0.4) is 0 Å². The van der Waals surface area contributed by atoms with E-state index in [0.717, 1.165) is 30.2 Å². The largest absolute Gasteiger partial charge is 0.454 e. The van der Waals surface area contributed by atoms with Gasteiger partial charge in [0.05, 0.1) is 5.56 Å². The lowest BCUT2D eigenvalue weighted by atomic mass is 10.1. The molecule has 124 valence electrons. The van der Waals surface area contributed by atoms with Gasteiger partial charge in [-0.25, -0.2) is 0 Å². The quantitative estimate of drug-likeness (QED) is 0.929. The van der Waals surface area contributed by atoms with Crippen molar-refractivity contribution < 1.29 is 14.3 Å². The number of fused-ring (bicyclic) bond motifs is 1. The number of anilines is 1. The Bertz CT molecular complexity index is 763. The van der Waals surface area contributed by atoms with E-state index in [1.54, 1.807) is 18.2 Å². The van der Waals surface area contributed by atoms with Crippen LogP contribution in [0.25, 0.3) is 0 Å². The summed E-state index contributed by atoms with van der Waals surface area (Å²) in [6.07, 6.45) is 0.904. The Morgan fingerprint density at radius 3 is 2.83 bits per heavy atom. The number of ether oxygens (including phenoxy) is 2. The van der Waals surface area contributed by atoms with Crippen LogP contribution in [0.5, 0.6) is 11.5 Å². The van der Waals surface area contributed by atoms with Gasteiger partial charge in [0.15, 0.2) is 11.5 Å². The first-order valence-corrected chi connectivity index (χ1v) is 8.28.